The smallest absolute Gasteiger partial charge is 0.317 e. The van der Waals surface area contributed by atoms with Crippen LogP contribution in [-0.4, -0.2) is 39.1 Å². The average molecular weight is 385 g/mol. The quantitative estimate of drug-likeness (QED) is 0.580. The topological polar surface area (TPSA) is 84.2 Å². The van der Waals surface area contributed by atoms with Crippen LogP contribution in [0.2, 0.25) is 0 Å². The second kappa shape index (κ2) is 7.35. The maximum absolute atomic E-state index is 12.5. The van der Waals surface area contributed by atoms with Gasteiger partial charge in [0.25, 0.3) is 0 Å². The van der Waals surface area contributed by atoms with Gasteiger partial charge in [-0.2, -0.15) is 4.98 Å². The molecule has 1 aliphatic heterocycles. The van der Waals surface area contributed by atoms with Crippen molar-refractivity contribution < 1.29 is 9.32 Å². The number of carbonyl (C=O) groups excluding carboxylic acids is 1. The van der Waals surface area contributed by atoms with Crippen LogP contribution in [0.5, 0.6) is 0 Å². The standard InChI is InChI=1S/C22H19N5O2/c28-22(24-12-16-7-3-6-15-5-1-2-9-19(15)16)27-13-18(14-27)21-25-20(26-29-21)17-8-4-10-23-11-17/h1-11,18H,12-14H2,(H,24,28). The van der Waals surface area contributed by atoms with Crippen LogP contribution in [0.15, 0.2) is 71.5 Å². The van der Waals surface area contributed by atoms with Crippen molar-refractivity contribution in [3.63, 3.8) is 0 Å². The van der Waals surface area contributed by atoms with Gasteiger partial charge in [0.2, 0.25) is 11.7 Å². The third-order valence-corrected chi connectivity index (χ3v) is 5.19. The first-order valence-electron chi connectivity index (χ1n) is 9.51. The number of hydrogen-bond acceptors (Lipinski definition) is 5. The van der Waals surface area contributed by atoms with E-state index in [0.717, 1.165) is 16.5 Å². The van der Waals surface area contributed by atoms with Gasteiger partial charge in [-0.05, 0) is 28.5 Å². The number of hydrogen-bond donors (Lipinski definition) is 1. The van der Waals surface area contributed by atoms with Gasteiger partial charge in [-0.3, -0.25) is 4.98 Å². The molecule has 29 heavy (non-hydrogen) atoms. The lowest BCUT2D eigenvalue weighted by molar-refractivity contribution is 0.136. The van der Waals surface area contributed by atoms with E-state index in [2.05, 4.69) is 38.6 Å². The molecular weight excluding hydrogens is 366 g/mol. The summed E-state index contributed by atoms with van der Waals surface area (Å²) >= 11 is 0. The third-order valence-electron chi connectivity index (χ3n) is 5.19. The second-order valence-electron chi connectivity index (χ2n) is 7.10. The summed E-state index contributed by atoms with van der Waals surface area (Å²) in [7, 11) is 0. The molecule has 7 nitrogen and oxygen atoms in total. The first kappa shape index (κ1) is 17.4. The zero-order chi connectivity index (χ0) is 19.6. The molecule has 3 heterocycles. The minimum atomic E-state index is -0.0822. The number of aromatic nitrogens is 3. The van der Waals surface area contributed by atoms with Gasteiger partial charge in [-0.1, -0.05) is 47.6 Å². The first-order chi connectivity index (χ1) is 14.3. The molecule has 2 aromatic carbocycles. The van der Waals surface area contributed by atoms with Gasteiger partial charge in [0.15, 0.2) is 0 Å². The van der Waals surface area contributed by atoms with Gasteiger partial charge in [-0.15, -0.1) is 0 Å². The van der Waals surface area contributed by atoms with Crippen LogP contribution in [0.25, 0.3) is 22.2 Å². The summed E-state index contributed by atoms with van der Waals surface area (Å²) in [4.78, 5) is 22.7. The van der Waals surface area contributed by atoms with Gasteiger partial charge >= 0.3 is 6.03 Å². The summed E-state index contributed by atoms with van der Waals surface area (Å²) in [6, 6.07) is 17.9. The fourth-order valence-electron chi connectivity index (χ4n) is 3.54. The molecule has 1 aliphatic rings. The van der Waals surface area contributed by atoms with Gasteiger partial charge in [0, 0.05) is 37.6 Å². The van der Waals surface area contributed by atoms with Crippen molar-refractivity contribution in [3.05, 3.63) is 78.4 Å². The summed E-state index contributed by atoms with van der Waals surface area (Å²) in [5, 5.41) is 9.36. The Balaban J connectivity index is 1.18. The van der Waals surface area contributed by atoms with E-state index in [9.17, 15) is 4.79 Å². The van der Waals surface area contributed by atoms with Crippen LogP contribution in [0.1, 0.15) is 17.4 Å². The molecule has 1 saturated heterocycles. The van der Waals surface area contributed by atoms with Crippen LogP contribution in [0, 0.1) is 0 Å². The lowest BCUT2D eigenvalue weighted by Gasteiger charge is -2.36. The van der Waals surface area contributed by atoms with Crippen molar-refractivity contribution in [2.45, 2.75) is 12.5 Å². The van der Waals surface area contributed by atoms with E-state index in [1.165, 1.54) is 5.39 Å². The summed E-state index contributed by atoms with van der Waals surface area (Å²) in [5.74, 6) is 1.14. The number of fused-ring (bicyclic) bond motifs is 1. The number of likely N-dealkylation sites (tertiary alicyclic amines) is 1. The summed E-state index contributed by atoms with van der Waals surface area (Å²) < 4.78 is 5.38. The number of benzene rings is 2. The van der Waals surface area contributed by atoms with Crippen molar-refractivity contribution >= 4 is 16.8 Å². The Kier molecular flexibility index (Phi) is 4.40. The Morgan fingerprint density at radius 3 is 2.83 bits per heavy atom. The highest BCUT2D eigenvalue weighted by atomic mass is 16.5. The monoisotopic (exact) mass is 385 g/mol. The Morgan fingerprint density at radius 1 is 1.10 bits per heavy atom. The molecule has 0 spiro atoms. The number of nitrogens with one attached hydrogen (secondary N) is 1. The van der Waals surface area contributed by atoms with Gasteiger partial charge in [0.1, 0.15) is 0 Å². The van der Waals surface area contributed by atoms with E-state index >= 15 is 0 Å². The summed E-state index contributed by atoms with van der Waals surface area (Å²) in [5.41, 5.74) is 1.91. The number of amides is 2. The molecule has 0 radical (unpaired) electrons. The normalized spacial score (nSPS) is 14.0. The van der Waals surface area contributed by atoms with Gasteiger partial charge < -0.3 is 14.7 Å². The first-order valence-corrected chi connectivity index (χ1v) is 9.51. The molecule has 1 N–H and O–H groups in total. The third kappa shape index (κ3) is 3.42. The van der Waals surface area contributed by atoms with Crippen molar-refractivity contribution in [2.24, 2.45) is 0 Å². The molecule has 0 atom stereocenters. The molecule has 2 amide bonds. The average Bonchev–Trinajstić information content (AvgIpc) is 3.21. The highest BCUT2D eigenvalue weighted by Gasteiger charge is 2.35. The van der Waals surface area contributed by atoms with E-state index in [1.807, 2.05) is 36.4 Å². The molecule has 5 rings (SSSR count). The van der Waals surface area contributed by atoms with Crippen LogP contribution in [0.3, 0.4) is 0 Å². The fourth-order valence-corrected chi connectivity index (χ4v) is 3.54. The number of urea groups is 1. The SMILES string of the molecule is O=C(NCc1cccc2ccccc12)N1CC(c2nc(-c3cccnc3)no2)C1. The molecule has 7 heteroatoms. The van der Waals surface area contributed by atoms with E-state index in [0.29, 0.717) is 31.3 Å². The van der Waals surface area contributed by atoms with Gasteiger partial charge in [0.05, 0.1) is 5.92 Å². The minimum Gasteiger partial charge on any atom is -0.339 e. The van der Waals surface area contributed by atoms with Crippen molar-refractivity contribution in [1.29, 1.82) is 0 Å². The Morgan fingerprint density at radius 2 is 1.97 bits per heavy atom. The lowest BCUT2D eigenvalue weighted by atomic mass is 10.0. The minimum absolute atomic E-state index is 0.0660. The second-order valence-corrected chi connectivity index (χ2v) is 7.10. The Labute approximate surface area is 167 Å². The van der Waals surface area contributed by atoms with E-state index in [-0.39, 0.29) is 11.9 Å². The molecule has 0 bridgehead atoms. The number of rotatable bonds is 4. The molecule has 1 fully saturated rings. The van der Waals surface area contributed by atoms with E-state index < -0.39 is 0 Å². The zero-order valence-electron chi connectivity index (χ0n) is 15.7. The Bertz CT molecular complexity index is 1150. The fraction of sp³-hybridized carbons (Fsp3) is 0.182. The van der Waals surface area contributed by atoms with E-state index in [1.54, 1.807) is 17.3 Å². The molecule has 0 unspecified atom stereocenters. The molecule has 0 aliphatic carbocycles. The molecule has 4 aromatic rings. The van der Waals surface area contributed by atoms with Crippen molar-refractivity contribution in [1.82, 2.24) is 25.3 Å². The maximum atomic E-state index is 12.5. The number of pyridine rings is 1. The highest BCUT2D eigenvalue weighted by molar-refractivity contribution is 5.86. The van der Waals surface area contributed by atoms with Crippen LogP contribution in [0.4, 0.5) is 4.79 Å². The molecule has 2 aromatic heterocycles. The number of nitrogens with zero attached hydrogens (tertiary/aromatic N) is 4. The molecular formula is C22H19N5O2. The van der Waals surface area contributed by atoms with Crippen LogP contribution < -0.4 is 5.32 Å². The summed E-state index contributed by atoms with van der Waals surface area (Å²) in [6.45, 7) is 1.62. The lowest BCUT2D eigenvalue weighted by Crippen LogP contribution is -2.52. The zero-order valence-corrected chi connectivity index (χ0v) is 15.7. The maximum Gasteiger partial charge on any atom is 0.317 e. The van der Waals surface area contributed by atoms with Gasteiger partial charge in [-0.25, -0.2) is 4.79 Å². The summed E-state index contributed by atoms with van der Waals surface area (Å²) in [6.07, 6.45) is 3.40. The predicted molar refractivity (Wildman–Crippen MR) is 108 cm³/mol. The predicted octanol–water partition coefficient (Wildman–Crippen LogP) is 3.59. The largest absolute Gasteiger partial charge is 0.339 e. The molecule has 0 saturated carbocycles. The highest BCUT2D eigenvalue weighted by Crippen LogP contribution is 2.27. The molecule has 144 valence electrons. The van der Waals surface area contributed by atoms with Crippen molar-refractivity contribution in [2.75, 3.05) is 13.1 Å². The van der Waals surface area contributed by atoms with Crippen LogP contribution in [-0.2, 0) is 6.54 Å². The van der Waals surface area contributed by atoms with E-state index in [4.69, 9.17) is 4.52 Å². The van der Waals surface area contributed by atoms with Crippen LogP contribution >= 0.6 is 0 Å². The van der Waals surface area contributed by atoms with Crippen molar-refractivity contribution in [3.8, 4) is 11.4 Å². The Hall–Kier alpha value is -3.74. The number of carbonyl (C=O) groups is 1.